The molecule has 1 N–H and O–H groups in total. The Kier molecular flexibility index (Phi) is 9.26. The number of nitrogens with zero attached hydrogens (tertiary/aromatic N) is 3. The molecule has 33 heavy (non-hydrogen) atoms. The number of hydrogen-bond acceptors (Lipinski definition) is 4. The van der Waals surface area contributed by atoms with Crippen LogP contribution in [0, 0.1) is 12.8 Å². The quantitative estimate of drug-likeness (QED) is 0.310. The number of aryl methyl sites for hydroxylation is 1. The zero-order valence-electron chi connectivity index (χ0n) is 20.8. The molecular weight excluding hydrogens is 445 g/mol. The first-order valence-corrected chi connectivity index (χ1v) is 11.8. The molecule has 2 rings (SSSR count). The summed E-state index contributed by atoms with van der Waals surface area (Å²) in [6, 6.07) is 4.51. The number of nitrogens with one attached hydrogen (secondary N) is 1. The molecule has 1 aromatic heterocycles. The van der Waals surface area contributed by atoms with Gasteiger partial charge in [-0.15, -0.1) is 0 Å². The van der Waals surface area contributed by atoms with E-state index in [1.165, 1.54) is 18.0 Å². The Morgan fingerprint density at radius 2 is 1.94 bits per heavy atom. The van der Waals surface area contributed by atoms with E-state index in [0.717, 1.165) is 29.1 Å². The third kappa shape index (κ3) is 7.40. The van der Waals surface area contributed by atoms with E-state index in [4.69, 9.17) is 0 Å². The van der Waals surface area contributed by atoms with Crippen molar-refractivity contribution in [3.05, 3.63) is 58.4 Å². The highest BCUT2D eigenvalue weighted by atomic mass is 32.2. The molecular formula is C25H35F3N4S. The number of allylic oxidation sites excluding steroid dienone is 2. The molecule has 0 radical (unpaired) electrons. The number of anilines is 1. The number of likely N-dealkylation sites (N-methyl/N-ethyl adjacent to an activating group) is 1. The zero-order chi connectivity index (χ0) is 24.9. The van der Waals surface area contributed by atoms with E-state index in [1.54, 1.807) is 23.7 Å². The number of halogens is 3. The summed E-state index contributed by atoms with van der Waals surface area (Å²) >= 11 is 1.18. The maximum absolute atomic E-state index is 14.0. The van der Waals surface area contributed by atoms with Crippen LogP contribution in [0.15, 0.2) is 40.8 Å². The number of alkyl halides is 3. The maximum atomic E-state index is 14.0. The molecule has 0 bridgehead atoms. The second-order valence-corrected chi connectivity index (χ2v) is 9.85. The normalized spacial score (nSPS) is 13.4. The molecule has 0 saturated heterocycles. The van der Waals surface area contributed by atoms with Crippen LogP contribution in [0.5, 0.6) is 0 Å². The third-order valence-corrected chi connectivity index (χ3v) is 6.07. The van der Waals surface area contributed by atoms with Crippen LogP contribution in [0.3, 0.4) is 0 Å². The monoisotopic (exact) mass is 480 g/mol. The summed E-state index contributed by atoms with van der Waals surface area (Å²) in [7, 11) is 5.74. The lowest BCUT2D eigenvalue weighted by atomic mass is 9.98. The summed E-state index contributed by atoms with van der Waals surface area (Å²) in [5.74, 6) is 0.422. The lowest BCUT2D eigenvalue weighted by molar-refractivity contribution is -0.137. The Bertz CT molecular complexity index is 1020. The highest BCUT2D eigenvalue weighted by molar-refractivity contribution is 8.00. The van der Waals surface area contributed by atoms with Gasteiger partial charge in [-0.25, -0.2) is 0 Å². The van der Waals surface area contributed by atoms with Crippen LogP contribution in [0.4, 0.5) is 18.9 Å². The van der Waals surface area contributed by atoms with E-state index >= 15 is 0 Å². The molecule has 4 nitrogen and oxygen atoms in total. The van der Waals surface area contributed by atoms with Crippen molar-refractivity contribution in [2.45, 2.75) is 52.1 Å². The van der Waals surface area contributed by atoms with Crippen molar-refractivity contribution >= 4 is 23.2 Å². The molecule has 0 fully saturated rings. The summed E-state index contributed by atoms with van der Waals surface area (Å²) in [4.78, 5) is 2.49. The molecule has 2 aromatic rings. The average molecular weight is 481 g/mol. The van der Waals surface area contributed by atoms with Gasteiger partial charge in [0.1, 0.15) is 0 Å². The minimum atomic E-state index is -4.45. The van der Waals surface area contributed by atoms with Gasteiger partial charge in [-0.05, 0) is 88.0 Å². The fourth-order valence-electron chi connectivity index (χ4n) is 3.56. The van der Waals surface area contributed by atoms with E-state index in [0.29, 0.717) is 22.9 Å². The van der Waals surface area contributed by atoms with Crippen LogP contribution in [-0.2, 0) is 19.6 Å². The topological polar surface area (TPSA) is 33.1 Å². The number of rotatable bonds is 9. The van der Waals surface area contributed by atoms with Crippen LogP contribution < -0.4 is 4.72 Å². The molecule has 8 heteroatoms. The van der Waals surface area contributed by atoms with Gasteiger partial charge in [0.2, 0.25) is 0 Å². The van der Waals surface area contributed by atoms with Crippen molar-refractivity contribution in [2.75, 3.05) is 25.4 Å². The van der Waals surface area contributed by atoms with Crippen molar-refractivity contribution < 1.29 is 13.2 Å². The first-order chi connectivity index (χ1) is 15.3. The van der Waals surface area contributed by atoms with Crippen LogP contribution in [0.25, 0.3) is 5.57 Å². The molecule has 182 valence electrons. The number of hydrogen-bond donors (Lipinski definition) is 1. The van der Waals surface area contributed by atoms with Crippen molar-refractivity contribution in [1.82, 2.24) is 14.7 Å². The highest BCUT2D eigenvalue weighted by Gasteiger charge is 2.34. The fraction of sp³-hybridized carbons (Fsp3) is 0.480. The van der Waals surface area contributed by atoms with E-state index in [2.05, 4.69) is 23.7 Å². The van der Waals surface area contributed by atoms with Crippen LogP contribution in [-0.4, -0.2) is 35.3 Å². The largest absolute Gasteiger partial charge is 0.417 e. The van der Waals surface area contributed by atoms with E-state index in [9.17, 15) is 13.2 Å². The first-order valence-electron chi connectivity index (χ1n) is 11.0. The molecule has 0 atom stereocenters. The first kappa shape index (κ1) is 27.1. The molecule has 0 aliphatic heterocycles. The van der Waals surface area contributed by atoms with E-state index in [1.807, 2.05) is 52.0 Å². The van der Waals surface area contributed by atoms with Gasteiger partial charge in [0.25, 0.3) is 0 Å². The smallest absolute Gasteiger partial charge is 0.323 e. The highest BCUT2D eigenvalue weighted by Crippen LogP contribution is 2.38. The minimum Gasteiger partial charge on any atom is -0.323 e. The molecule has 0 spiro atoms. The van der Waals surface area contributed by atoms with Crippen molar-refractivity contribution in [3.63, 3.8) is 0 Å². The summed E-state index contributed by atoms with van der Waals surface area (Å²) in [6.45, 7) is 10.5. The van der Waals surface area contributed by atoms with Crippen molar-refractivity contribution in [2.24, 2.45) is 13.0 Å². The zero-order valence-corrected chi connectivity index (χ0v) is 21.6. The van der Waals surface area contributed by atoms with Gasteiger partial charge >= 0.3 is 6.18 Å². The van der Waals surface area contributed by atoms with Crippen LogP contribution >= 0.6 is 11.9 Å². The summed E-state index contributed by atoms with van der Waals surface area (Å²) in [5.41, 5.74) is 3.86. The summed E-state index contributed by atoms with van der Waals surface area (Å²) < 4.78 is 46.9. The predicted molar refractivity (Wildman–Crippen MR) is 133 cm³/mol. The van der Waals surface area contributed by atoms with Gasteiger partial charge in [-0.1, -0.05) is 32.1 Å². The molecule has 0 aliphatic carbocycles. The van der Waals surface area contributed by atoms with Gasteiger partial charge in [0.15, 0.2) is 0 Å². The predicted octanol–water partition coefficient (Wildman–Crippen LogP) is 6.98. The average Bonchev–Trinajstić information content (AvgIpc) is 2.96. The molecule has 0 amide bonds. The second kappa shape index (κ2) is 11.3. The lowest BCUT2D eigenvalue weighted by Gasteiger charge is -2.17. The maximum Gasteiger partial charge on any atom is 0.417 e. The van der Waals surface area contributed by atoms with Gasteiger partial charge < -0.3 is 9.62 Å². The minimum absolute atomic E-state index is 0.197. The Morgan fingerprint density at radius 3 is 2.48 bits per heavy atom. The lowest BCUT2D eigenvalue weighted by Crippen LogP contribution is -2.14. The molecule has 0 unspecified atom stereocenters. The van der Waals surface area contributed by atoms with Crippen molar-refractivity contribution in [3.8, 4) is 0 Å². The Morgan fingerprint density at radius 1 is 1.27 bits per heavy atom. The Hall–Kier alpha value is -2.19. The van der Waals surface area contributed by atoms with Crippen LogP contribution in [0.1, 0.15) is 50.2 Å². The van der Waals surface area contributed by atoms with E-state index in [-0.39, 0.29) is 5.56 Å². The third-order valence-electron chi connectivity index (χ3n) is 5.27. The molecule has 1 heterocycles. The molecule has 0 aliphatic rings. The van der Waals surface area contributed by atoms with Gasteiger partial charge in [-0.3, -0.25) is 4.68 Å². The van der Waals surface area contributed by atoms with E-state index < -0.39 is 11.7 Å². The second-order valence-electron chi connectivity index (χ2n) is 8.97. The van der Waals surface area contributed by atoms with Crippen LogP contribution in [0.2, 0.25) is 0 Å². The Balaban J connectivity index is 2.36. The number of aromatic nitrogens is 2. The van der Waals surface area contributed by atoms with Gasteiger partial charge in [0.05, 0.1) is 22.6 Å². The van der Waals surface area contributed by atoms with Gasteiger partial charge in [0, 0.05) is 18.5 Å². The van der Waals surface area contributed by atoms with Gasteiger partial charge in [-0.2, -0.15) is 18.3 Å². The Labute approximate surface area is 200 Å². The SMILES string of the molecule is C/C=C(\C=C(/C)c1ccc(SNc2c(CC(C)C)nn(C)c2C)cc1C(F)(F)F)CN(C)C. The summed E-state index contributed by atoms with van der Waals surface area (Å²) in [5, 5.41) is 4.56. The molecule has 0 saturated carbocycles. The van der Waals surface area contributed by atoms with Crippen molar-refractivity contribution in [1.29, 1.82) is 0 Å². The summed E-state index contributed by atoms with van der Waals surface area (Å²) in [6.07, 6.45) is 0.0932. The molecule has 1 aromatic carbocycles. The number of benzene rings is 1. The standard InChI is InChI=1S/C25H35F3N4S/c1-9-19(15-31(6)7)13-17(4)21-11-10-20(14-22(21)25(26,27)28)33-30-24-18(5)32(8)29-23(24)12-16(2)3/h9-11,13-14,16,30H,12,15H2,1-8H3/b17-13+,19-9+. The fourth-order valence-corrected chi connectivity index (χ4v) is 4.35.